The van der Waals surface area contributed by atoms with E-state index in [1.807, 2.05) is 4.90 Å². The highest BCUT2D eigenvalue weighted by Crippen LogP contribution is 2.54. The van der Waals surface area contributed by atoms with E-state index in [0.29, 0.717) is 12.6 Å². The van der Waals surface area contributed by atoms with E-state index >= 15 is 0 Å². The van der Waals surface area contributed by atoms with Crippen molar-refractivity contribution in [1.29, 1.82) is 0 Å². The van der Waals surface area contributed by atoms with Gasteiger partial charge in [-0.2, -0.15) is 0 Å². The molecule has 4 rings (SSSR count). The van der Waals surface area contributed by atoms with Crippen molar-refractivity contribution in [2.75, 3.05) is 13.1 Å². The predicted octanol–water partition coefficient (Wildman–Crippen LogP) is 1.23. The Hall–Kier alpha value is -0.570. The molecule has 4 aliphatic carbocycles. The zero-order valence-corrected chi connectivity index (χ0v) is 9.85. The lowest BCUT2D eigenvalue weighted by Gasteiger charge is -2.56. The van der Waals surface area contributed by atoms with Crippen molar-refractivity contribution in [2.45, 2.75) is 38.1 Å². The summed E-state index contributed by atoms with van der Waals surface area (Å²) in [6.45, 7) is 1.35. The Morgan fingerprint density at radius 2 is 1.62 bits per heavy atom. The van der Waals surface area contributed by atoms with Gasteiger partial charge in [0.1, 0.15) is 0 Å². The van der Waals surface area contributed by atoms with Crippen LogP contribution in [0.15, 0.2) is 0 Å². The van der Waals surface area contributed by atoms with Crippen LogP contribution in [-0.4, -0.2) is 30.4 Å². The summed E-state index contributed by atoms with van der Waals surface area (Å²) in [6, 6.07) is 0.522. The van der Waals surface area contributed by atoms with E-state index in [-0.39, 0.29) is 0 Å². The molecule has 16 heavy (non-hydrogen) atoms. The van der Waals surface area contributed by atoms with Crippen LogP contribution >= 0.6 is 0 Å². The summed E-state index contributed by atoms with van der Waals surface area (Å²) in [5.74, 6) is 3.52. The average Bonchev–Trinajstić information content (AvgIpc) is 2.26. The average molecular weight is 222 g/mol. The summed E-state index contributed by atoms with van der Waals surface area (Å²) in [6.07, 6.45) is 7.98. The van der Waals surface area contributed by atoms with Crippen molar-refractivity contribution in [3.05, 3.63) is 0 Å². The number of hydrogen-bond donors (Lipinski definition) is 1. The highest BCUT2D eigenvalue weighted by atomic mass is 16.1. The first-order valence-electron chi connectivity index (χ1n) is 6.73. The molecule has 90 valence electrons. The SMILES string of the molecule is NCCN(C=O)C1C2CC3CC(C2)CC1C3. The van der Waals surface area contributed by atoms with E-state index in [9.17, 15) is 4.79 Å². The standard InChI is InChI=1S/C13H22N2O/c14-1-2-15(8-16)13-11-4-9-3-10(6-11)7-12(13)5-9/h8-13H,1-7,14H2. The minimum absolute atomic E-state index is 0.522. The molecular formula is C13H22N2O. The Morgan fingerprint density at radius 1 is 1.06 bits per heavy atom. The second-order valence-electron chi connectivity index (χ2n) is 6.05. The molecule has 3 heteroatoms. The van der Waals surface area contributed by atoms with Gasteiger partial charge in [0.05, 0.1) is 0 Å². The predicted molar refractivity (Wildman–Crippen MR) is 62.7 cm³/mol. The summed E-state index contributed by atoms with van der Waals surface area (Å²) in [5, 5.41) is 0. The van der Waals surface area contributed by atoms with Gasteiger partial charge in [-0.1, -0.05) is 0 Å². The van der Waals surface area contributed by atoms with E-state index < -0.39 is 0 Å². The number of carbonyl (C=O) groups excluding carboxylic acids is 1. The fraction of sp³-hybridized carbons (Fsp3) is 0.923. The first kappa shape index (κ1) is 10.6. The fourth-order valence-electron chi connectivity index (χ4n) is 4.86. The zero-order valence-electron chi connectivity index (χ0n) is 9.85. The van der Waals surface area contributed by atoms with Crippen LogP contribution in [0.25, 0.3) is 0 Å². The van der Waals surface area contributed by atoms with Crippen molar-refractivity contribution < 1.29 is 4.79 Å². The molecule has 0 atom stereocenters. The van der Waals surface area contributed by atoms with Gasteiger partial charge in [0.25, 0.3) is 0 Å². The second-order valence-corrected chi connectivity index (χ2v) is 6.05. The maximum Gasteiger partial charge on any atom is 0.210 e. The summed E-state index contributed by atoms with van der Waals surface area (Å²) < 4.78 is 0. The van der Waals surface area contributed by atoms with E-state index in [0.717, 1.165) is 36.6 Å². The van der Waals surface area contributed by atoms with Crippen molar-refractivity contribution in [2.24, 2.45) is 29.4 Å². The molecule has 0 radical (unpaired) electrons. The third-order valence-corrected chi connectivity index (χ3v) is 5.08. The largest absolute Gasteiger partial charge is 0.340 e. The van der Waals surface area contributed by atoms with E-state index in [4.69, 9.17) is 5.73 Å². The lowest BCUT2D eigenvalue weighted by Crippen LogP contribution is -2.56. The van der Waals surface area contributed by atoms with Crippen LogP contribution < -0.4 is 5.73 Å². The first-order chi connectivity index (χ1) is 7.81. The van der Waals surface area contributed by atoms with Gasteiger partial charge in [0, 0.05) is 19.1 Å². The maximum absolute atomic E-state index is 11.2. The highest BCUT2D eigenvalue weighted by Gasteiger charge is 2.49. The second kappa shape index (κ2) is 4.02. The summed E-state index contributed by atoms with van der Waals surface area (Å²) in [5.41, 5.74) is 5.60. The number of amides is 1. The highest BCUT2D eigenvalue weighted by molar-refractivity contribution is 5.48. The Labute approximate surface area is 97.4 Å². The number of nitrogens with two attached hydrogens (primary N) is 1. The Balaban J connectivity index is 1.77. The maximum atomic E-state index is 11.2. The molecule has 4 saturated carbocycles. The molecule has 4 bridgehead atoms. The fourth-order valence-corrected chi connectivity index (χ4v) is 4.86. The molecule has 2 N–H and O–H groups in total. The molecule has 4 fully saturated rings. The van der Waals surface area contributed by atoms with Crippen LogP contribution in [-0.2, 0) is 4.79 Å². The van der Waals surface area contributed by atoms with Crippen LogP contribution in [0.2, 0.25) is 0 Å². The van der Waals surface area contributed by atoms with Crippen LogP contribution in [0.3, 0.4) is 0 Å². The molecular weight excluding hydrogens is 200 g/mol. The lowest BCUT2D eigenvalue weighted by atomic mass is 9.54. The minimum atomic E-state index is 0.522. The van der Waals surface area contributed by atoms with Crippen molar-refractivity contribution in [3.63, 3.8) is 0 Å². The normalized spacial score (nSPS) is 44.7. The van der Waals surface area contributed by atoms with Gasteiger partial charge in [-0.25, -0.2) is 0 Å². The van der Waals surface area contributed by atoms with Crippen molar-refractivity contribution >= 4 is 6.41 Å². The van der Waals surface area contributed by atoms with Gasteiger partial charge in [-0.3, -0.25) is 4.79 Å². The molecule has 0 heterocycles. The van der Waals surface area contributed by atoms with Gasteiger partial charge in [-0.15, -0.1) is 0 Å². The summed E-state index contributed by atoms with van der Waals surface area (Å²) in [7, 11) is 0. The monoisotopic (exact) mass is 222 g/mol. The minimum Gasteiger partial charge on any atom is -0.340 e. The Morgan fingerprint density at radius 3 is 2.06 bits per heavy atom. The summed E-state index contributed by atoms with van der Waals surface area (Å²) in [4.78, 5) is 13.2. The van der Waals surface area contributed by atoms with Crippen molar-refractivity contribution in [3.8, 4) is 0 Å². The third kappa shape index (κ3) is 1.56. The third-order valence-electron chi connectivity index (χ3n) is 5.08. The van der Waals surface area contributed by atoms with E-state index in [2.05, 4.69) is 0 Å². The smallest absolute Gasteiger partial charge is 0.210 e. The van der Waals surface area contributed by atoms with Crippen LogP contribution in [0.4, 0.5) is 0 Å². The lowest BCUT2D eigenvalue weighted by molar-refractivity contribution is -0.130. The van der Waals surface area contributed by atoms with Gasteiger partial charge in [0.2, 0.25) is 6.41 Å². The Bertz CT molecular complexity index is 251. The molecule has 0 saturated heterocycles. The molecule has 0 unspecified atom stereocenters. The number of nitrogens with zero attached hydrogens (tertiary/aromatic N) is 1. The quantitative estimate of drug-likeness (QED) is 0.727. The Kier molecular flexibility index (Phi) is 2.66. The van der Waals surface area contributed by atoms with Gasteiger partial charge >= 0.3 is 0 Å². The molecule has 3 nitrogen and oxygen atoms in total. The van der Waals surface area contributed by atoms with E-state index in [1.165, 1.54) is 32.1 Å². The zero-order chi connectivity index (χ0) is 11.1. The van der Waals surface area contributed by atoms with Crippen molar-refractivity contribution in [1.82, 2.24) is 4.90 Å². The first-order valence-corrected chi connectivity index (χ1v) is 6.73. The number of hydrogen-bond acceptors (Lipinski definition) is 2. The molecule has 0 spiro atoms. The van der Waals surface area contributed by atoms with Gasteiger partial charge in [-0.05, 0) is 55.8 Å². The van der Waals surface area contributed by atoms with E-state index in [1.54, 1.807) is 0 Å². The van der Waals surface area contributed by atoms with Crippen LogP contribution in [0.1, 0.15) is 32.1 Å². The van der Waals surface area contributed by atoms with Gasteiger partial charge < -0.3 is 10.6 Å². The molecule has 0 aliphatic heterocycles. The molecule has 0 aromatic rings. The molecule has 1 amide bonds. The molecule has 0 aromatic heterocycles. The molecule has 4 aliphatic rings. The molecule has 0 aromatic carbocycles. The number of rotatable bonds is 4. The topological polar surface area (TPSA) is 46.3 Å². The van der Waals surface area contributed by atoms with Crippen LogP contribution in [0, 0.1) is 23.7 Å². The number of carbonyl (C=O) groups is 1. The van der Waals surface area contributed by atoms with Gasteiger partial charge in [0.15, 0.2) is 0 Å². The van der Waals surface area contributed by atoms with Crippen LogP contribution in [0.5, 0.6) is 0 Å². The summed E-state index contributed by atoms with van der Waals surface area (Å²) >= 11 is 0.